The van der Waals surface area contributed by atoms with Crippen molar-refractivity contribution in [3.05, 3.63) is 29.8 Å². The fourth-order valence-corrected chi connectivity index (χ4v) is 3.56. The number of methoxy groups -OCH3 is 1. The molecule has 2 rings (SSSR count). The van der Waals surface area contributed by atoms with Gasteiger partial charge in [0.15, 0.2) is 0 Å². The Kier molecular flexibility index (Phi) is 9.18. The lowest BCUT2D eigenvalue weighted by atomic mass is 9.85. The summed E-state index contributed by atoms with van der Waals surface area (Å²) in [5.41, 5.74) is 7.81. The maximum absolute atomic E-state index is 12.3. The van der Waals surface area contributed by atoms with Gasteiger partial charge in [0.25, 0.3) is 0 Å². The van der Waals surface area contributed by atoms with Gasteiger partial charge in [0.05, 0.1) is 12.9 Å². The quantitative estimate of drug-likeness (QED) is 0.750. The van der Waals surface area contributed by atoms with Crippen LogP contribution in [0.15, 0.2) is 24.3 Å². The van der Waals surface area contributed by atoms with E-state index in [0.29, 0.717) is 11.5 Å². The van der Waals surface area contributed by atoms with Gasteiger partial charge in [-0.3, -0.25) is 9.59 Å². The third-order valence-electron chi connectivity index (χ3n) is 4.00. The number of carbonyl (C=O) groups excluding carboxylic acids is 2. The van der Waals surface area contributed by atoms with Gasteiger partial charge in [-0.15, -0.1) is 24.2 Å². The first-order valence-electron chi connectivity index (χ1n) is 7.88. The lowest BCUT2D eigenvalue weighted by Gasteiger charge is -2.25. The Morgan fingerprint density at radius 2 is 2.17 bits per heavy atom. The van der Waals surface area contributed by atoms with Gasteiger partial charge in [0.2, 0.25) is 5.91 Å². The van der Waals surface area contributed by atoms with Gasteiger partial charge in [0, 0.05) is 23.4 Å². The predicted octanol–water partition coefficient (Wildman–Crippen LogP) is 2.97. The van der Waals surface area contributed by atoms with Gasteiger partial charge < -0.3 is 15.8 Å². The number of carbonyl (C=O) groups is 2. The second-order valence-electron chi connectivity index (χ2n) is 5.88. The first-order valence-corrected chi connectivity index (χ1v) is 9.04. The van der Waals surface area contributed by atoms with Crippen LogP contribution in [0.5, 0.6) is 0 Å². The molecule has 2 unspecified atom stereocenters. The molecule has 7 heteroatoms. The number of hydrogen-bond donors (Lipinski definition) is 2. The van der Waals surface area contributed by atoms with Gasteiger partial charge in [-0.25, -0.2) is 0 Å². The monoisotopic (exact) mass is 372 g/mol. The molecule has 3 N–H and O–H groups in total. The molecular formula is C17H25ClN2O3S. The minimum atomic E-state index is -0.229. The van der Waals surface area contributed by atoms with Crippen molar-refractivity contribution in [1.82, 2.24) is 0 Å². The summed E-state index contributed by atoms with van der Waals surface area (Å²) in [6.45, 7) is 0. The highest BCUT2D eigenvalue weighted by atomic mass is 35.5. The average Bonchev–Trinajstić information content (AvgIpc) is 2.55. The topological polar surface area (TPSA) is 81.4 Å². The number of amides is 1. The van der Waals surface area contributed by atoms with Crippen molar-refractivity contribution < 1.29 is 14.3 Å². The van der Waals surface area contributed by atoms with E-state index in [1.54, 1.807) is 0 Å². The van der Waals surface area contributed by atoms with Crippen LogP contribution in [0.3, 0.4) is 0 Å². The highest BCUT2D eigenvalue weighted by molar-refractivity contribution is 7.99. The van der Waals surface area contributed by atoms with E-state index in [1.807, 2.05) is 24.3 Å². The molecule has 0 spiro atoms. The van der Waals surface area contributed by atoms with Crippen molar-refractivity contribution in [1.29, 1.82) is 0 Å². The van der Waals surface area contributed by atoms with Gasteiger partial charge in [-0.2, -0.15) is 0 Å². The summed E-state index contributed by atoms with van der Waals surface area (Å²) in [6, 6.07) is 7.87. The fourth-order valence-electron chi connectivity index (χ4n) is 2.76. The van der Waals surface area contributed by atoms with E-state index >= 15 is 0 Å². The normalized spacial score (nSPS) is 19.9. The molecule has 0 aliphatic heterocycles. The zero-order valence-corrected chi connectivity index (χ0v) is 15.5. The van der Waals surface area contributed by atoms with Crippen molar-refractivity contribution in [2.45, 2.75) is 37.5 Å². The third-order valence-corrected chi connectivity index (χ3v) is 4.97. The summed E-state index contributed by atoms with van der Waals surface area (Å²) in [7, 11) is 1.39. The van der Waals surface area contributed by atoms with Crippen LogP contribution >= 0.6 is 24.2 Å². The molecule has 1 aromatic carbocycles. The number of esters is 1. The third kappa shape index (κ3) is 6.71. The van der Waals surface area contributed by atoms with E-state index in [2.05, 4.69) is 10.1 Å². The van der Waals surface area contributed by atoms with Crippen LogP contribution in [-0.2, 0) is 20.1 Å². The molecule has 5 nitrogen and oxygen atoms in total. The second-order valence-corrected chi connectivity index (χ2v) is 6.87. The molecule has 1 amide bonds. The molecule has 0 aromatic heterocycles. The molecule has 24 heavy (non-hydrogen) atoms. The number of ether oxygens (including phenoxy) is 1. The van der Waals surface area contributed by atoms with Crippen LogP contribution in [0, 0.1) is 5.92 Å². The molecule has 2 atom stereocenters. The van der Waals surface area contributed by atoms with Gasteiger partial charge in [0.1, 0.15) is 0 Å². The van der Waals surface area contributed by atoms with E-state index in [4.69, 9.17) is 5.73 Å². The summed E-state index contributed by atoms with van der Waals surface area (Å²) < 4.78 is 4.61. The molecule has 1 aromatic rings. The maximum atomic E-state index is 12.3. The van der Waals surface area contributed by atoms with Crippen LogP contribution in [0.25, 0.3) is 0 Å². The number of nitrogens with one attached hydrogen (secondary N) is 1. The van der Waals surface area contributed by atoms with E-state index in [9.17, 15) is 9.59 Å². The van der Waals surface area contributed by atoms with Crippen molar-refractivity contribution in [2.24, 2.45) is 11.7 Å². The van der Waals surface area contributed by atoms with E-state index in [1.165, 1.54) is 18.9 Å². The van der Waals surface area contributed by atoms with Crippen LogP contribution in [0.1, 0.15) is 31.2 Å². The van der Waals surface area contributed by atoms with E-state index in [-0.39, 0.29) is 36.2 Å². The van der Waals surface area contributed by atoms with Gasteiger partial charge >= 0.3 is 5.97 Å². The van der Waals surface area contributed by atoms with Crippen LogP contribution in [0.2, 0.25) is 0 Å². The standard InChI is InChI=1S/C17H24N2O3S.ClH/c1-22-16(20)11-23-10-12-4-2-7-15(8-12)19-17(21)13-5-3-6-14(18)9-13;/h2,4,7-8,13-14H,3,5-6,9-11,18H2,1H3,(H,19,21);1H. The first-order chi connectivity index (χ1) is 11.1. The molecule has 0 radical (unpaired) electrons. The Balaban J connectivity index is 0.00000288. The predicted molar refractivity (Wildman–Crippen MR) is 100 cm³/mol. The molecule has 134 valence electrons. The van der Waals surface area contributed by atoms with Gasteiger partial charge in [-0.1, -0.05) is 18.6 Å². The molecule has 0 heterocycles. The van der Waals surface area contributed by atoms with E-state index < -0.39 is 0 Å². The Morgan fingerprint density at radius 1 is 1.38 bits per heavy atom. The number of rotatable bonds is 6. The summed E-state index contributed by atoms with van der Waals surface area (Å²) in [5.74, 6) is 0.865. The number of thioether (sulfide) groups is 1. The summed E-state index contributed by atoms with van der Waals surface area (Å²) >= 11 is 1.49. The molecule has 0 saturated heterocycles. The number of nitrogens with two attached hydrogens (primary N) is 1. The minimum absolute atomic E-state index is 0. The van der Waals surface area contributed by atoms with Gasteiger partial charge in [-0.05, 0) is 37.0 Å². The average molecular weight is 373 g/mol. The molecule has 1 aliphatic rings. The lowest BCUT2D eigenvalue weighted by Crippen LogP contribution is -2.34. The van der Waals surface area contributed by atoms with Crippen molar-refractivity contribution in [3.63, 3.8) is 0 Å². The van der Waals surface area contributed by atoms with Crippen molar-refractivity contribution >= 4 is 41.7 Å². The van der Waals surface area contributed by atoms with Crippen molar-refractivity contribution in [2.75, 3.05) is 18.2 Å². The Bertz CT molecular complexity index is 556. The summed E-state index contributed by atoms with van der Waals surface area (Å²) in [6.07, 6.45) is 3.70. The Morgan fingerprint density at radius 3 is 2.88 bits per heavy atom. The highest BCUT2D eigenvalue weighted by Gasteiger charge is 2.25. The second kappa shape index (κ2) is 10.6. The number of hydrogen-bond acceptors (Lipinski definition) is 5. The fraction of sp³-hybridized carbons (Fsp3) is 0.529. The number of halogens is 1. The zero-order chi connectivity index (χ0) is 16.7. The SMILES string of the molecule is COC(=O)CSCc1cccc(NC(=O)C2CCCC(N)C2)c1.Cl. The smallest absolute Gasteiger partial charge is 0.315 e. The number of benzene rings is 1. The summed E-state index contributed by atoms with van der Waals surface area (Å²) in [4.78, 5) is 23.4. The highest BCUT2D eigenvalue weighted by Crippen LogP contribution is 2.25. The first kappa shape index (κ1) is 20.8. The largest absolute Gasteiger partial charge is 0.468 e. The zero-order valence-electron chi connectivity index (χ0n) is 13.8. The van der Waals surface area contributed by atoms with Crippen LogP contribution < -0.4 is 11.1 Å². The Hall–Kier alpha value is -1.24. The van der Waals surface area contributed by atoms with Crippen molar-refractivity contribution in [3.8, 4) is 0 Å². The summed E-state index contributed by atoms with van der Waals surface area (Å²) in [5, 5.41) is 2.99. The maximum Gasteiger partial charge on any atom is 0.315 e. The molecular weight excluding hydrogens is 348 g/mol. The van der Waals surface area contributed by atoms with Crippen LogP contribution in [0.4, 0.5) is 5.69 Å². The molecule has 0 bridgehead atoms. The minimum Gasteiger partial charge on any atom is -0.468 e. The molecule has 1 saturated carbocycles. The Labute approximate surface area is 153 Å². The molecule has 1 aliphatic carbocycles. The number of anilines is 1. The van der Waals surface area contributed by atoms with Crippen LogP contribution in [-0.4, -0.2) is 30.8 Å². The van der Waals surface area contributed by atoms with E-state index in [0.717, 1.165) is 36.9 Å². The molecule has 1 fully saturated rings. The lowest BCUT2D eigenvalue weighted by molar-refractivity contribution is -0.137.